The summed E-state index contributed by atoms with van der Waals surface area (Å²) in [5.74, 6) is -1.31. The minimum Gasteiger partial charge on any atom is -0.508 e. The van der Waals surface area contributed by atoms with Crippen LogP contribution in [0.3, 0.4) is 0 Å². The standard InChI is InChI=1S/C14H15F2N3O3/c1-2-9-7-13(19-22-9)18-14(21)17-4-3-10-11(15)5-8(20)6-12(10)16/h5-7,20H,2-4H2,1H3,(H2,17,18,19,21). The molecular formula is C14H15F2N3O3. The number of nitrogens with zero attached hydrogens (tertiary/aromatic N) is 1. The van der Waals surface area contributed by atoms with Crippen molar-refractivity contribution in [1.82, 2.24) is 10.5 Å². The van der Waals surface area contributed by atoms with Crippen LogP contribution in [0.15, 0.2) is 22.7 Å². The van der Waals surface area contributed by atoms with Crippen molar-refractivity contribution in [2.45, 2.75) is 19.8 Å². The van der Waals surface area contributed by atoms with Crippen molar-refractivity contribution >= 4 is 11.8 Å². The molecular weight excluding hydrogens is 296 g/mol. The van der Waals surface area contributed by atoms with Gasteiger partial charge in [0.15, 0.2) is 5.82 Å². The quantitative estimate of drug-likeness (QED) is 0.792. The van der Waals surface area contributed by atoms with Crippen LogP contribution < -0.4 is 10.6 Å². The second kappa shape index (κ2) is 6.88. The summed E-state index contributed by atoms with van der Waals surface area (Å²) >= 11 is 0. The van der Waals surface area contributed by atoms with E-state index < -0.39 is 23.4 Å². The molecule has 0 saturated carbocycles. The van der Waals surface area contributed by atoms with Gasteiger partial charge in [0.2, 0.25) is 0 Å². The third-order valence-electron chi connectivity index (χ3n) is 2.94. The van der Waals surface area contributed by atoms with Crippen LogP contribution in [0, 0.1) is 11.6 Å². The van der Waals surface area contributed by atoms with Gasteiger partial charge in [-0.15, -0.1) is 0 Å². The second-order valence-corrected chi connectivity index (χ2v) is 4.55. The fourth-order valence-corrected chi connectivity index (χ4v) is 1.83. The van der Waals surface area contributed by atoms with Gasteiger partial charge in [0, 0.05) is 36.7 Å². The number of aryl methyl sites for hydroxylation is 1. The molecule has 1 aromatic heterocycles. The van der Waals surface area contributed by atoms with E-state index in [1.807, 2.05) is 6.92 Å². The van der Waals surface area contributed by atoms with Crippen molar-refractivity contribution in [1.29, 1.82) is 0 Å². The maximum absolute atomic E-state index is 13.5. The summed E-state index contributed by atoms with van der Waals surface area (Å²) in [5.41, 5.74) is -0.201. The lowest BCUT2D eigenvalue weighted by molar-refractivity contribution is 0.252. The Morgan fingerprint density at radius 3 is 2.59 bits per heavy atom. The molecule has 3 N–H and O–H groups in total. The predicted molar refractivity (Wildman–Crippen MR) is 74.6 cm³/mol. The number of carbonyl (C=O) groups excluding carboxylic acids is 1. The van der Waals surface area contributed by atoms with Gasteiger partial charge in [-0.05, 0) is 6.42 Å². The van der Waals surface area contributed by atoms with Gasteiger partial charge in [-0.2, -0.15) is 0 Å². The lowest BCUT2D eigenvalue weighted by Crippen LogP contribution is -2.30. The molecule has 2 aromatic rings. The highest BCUT2D eigenvalue weighted by Crippen LogP contribution is 2.19. The van der Waals surface area contributed by atoms with Crippen molar-refractivity contribution in [2.24, 2.45) is 0 Å². The monoisotopic (exact) mass is 311 g/mol. The van der Waals surface area contributed by atoms with Crippen molar-refractivity contribution in [2.75, 3.05) is 11.9 Å². The van der Waals surface area contributed by atoms with E-state index in [0.717, 1.165) is 12.1 Å². The summed E-state index contributed by atoms with van der Waals surface area (Å²) in [6, 6.07) is 2.66. The molecule has 0 fully saturated rings. The maximum atomic E-state index is 13.5. The van der Waals surface area contributed by atoms with Gasteiger partial charge in [0.1, 0.15) is 23.1 Å². The summed E-state index contributed by atoms with van der Waals surface area (Å²) < 4.78 is 31.9. The van der Waals surface area contributed by atoms with E-state index in [2.05, 4.69) is 15.8 Å². The summed E-state index contributed by atoms with van der Waals surface area (Å²) in [5, 5.41) is 17.6. The zero-order valence-electron chi connectivity index (χ0n) is 11.8. The van der Waals surface area contributed by atoms with Crippen LogP contribution in [0.5, 0.6) is 5.75 Å². The molecule has 0 spiro atoms. The summed E-state index contributed by atoms with van der Waals surface area (Å²) in [7, 11) is 0. The number of benzene rings is 1. The van der Waals surface area contributed by atoms with Crippen molar-refractivity contribution < 1.29 is 23.2 Å². The van der Waals surface area contributed by atoms with E-state index >= 15 is 0 Å². The van der Waals surface area contributed by atoms with Gasteiger partial charge < -0.3 is 14.9 Å². The molecule has 1 heterocycles. The Hall–Kier alpha value is -2.64. The molecule has 118 valence electrons. The van der Waals surface area contributed by atoms with Gasteiger partial charge in [0.25, 0.3) is 0 Å². The Morgan fingerprint density at radius 1 is 1.32 bits per heavy atom. The molecule has 0 atom stereocenters. The first-order chi connectivity index (χ1) is 10.5. The Kier molecular flexibility index (Phi) is 4.92. The van der Waals surface area contributed by atoms with E-state index in [4.69, 9.17) is 9.63 Å². The average Bonchev–Trinajstić information content (AvgIpc) is 2.89. The third-order valence-corrected chi connectivity index (χ3v) is 2.94. The molecule has 0 aliphatic carbocycles. The summed E-state index contributed by atoms with van der Waals surface area (Å²) in [4.78, 5) is 11.6. The molecule has 0 bridgehead atoms. The SMILES string of the molecule is CCc1cc(NC(=O)NCCc2c(F)cc(O)cc2F)no1. The van der Waals surface area contributed by atoms with Crippen molar-refractivity contribution in [3.63, 3.8) is 0 Å². The summed E-state index contributed by atoms with van der Waals surface area (Å²) in [6.45, 7) is 1.90. The predicted octanol–water partition coefficient (Wildman–Crippen LogP) is 2.59. The Labute approximate surface area is 125 Å². The largest absolute Gasteiger partial charge is 0.508 e. The average molecular weight is 311 g/mol. The normalized spacial score (nSPS) is 10.5. The minimum absolute atomic E-state index is 0.0168. The number of amides is 2. The zero-order chi connectivity index (χ0) is 16.1. The highest BCUT2D eigenvalue weighted by molar-refractivity contribution is 5.88. The summed E-state index contributed by atoms with van der Waals surface area (Å²) in [6.07, 6.45) is 0.597. The van der Waals surface area contributed by atoms with Crippen LogP contribution in [0.4, 0.5) is 19.4 Å². The van der Waals surface area contributed by atoms with Gasteiger partial charge in [-0.25, -0.2) is 13.6 Å². The lowest BCUT2D eigenvalue weighted by atomic mass is 10.1. The van der Waals surface area contributed by atoms with Crippen molar-refractivity contribution in [3.8, 4) is 5.75 Å². The first kappa shape index (κ1) is 15.7. The van der Waals surface area contributed by atoms with Gasteiger partial charge in [0.05, 0.1) is 0 Å². The Balaban J connectivity index is 1.84. The van der Waals surface area contributed by atoms with Crippen LogP contribution in [0.25, 0.3) is 0 Å². The number of nitrogens with one attached hydrogen (secondary N) is 2. The Morgan fingerprint density at radius 2 is 2.00 bits per heavy atom. The molecule has 0 radical (unpaired) electrons. The van der Waals surface area contributed by atoms with Gasteiger partial charge in [-0.1, -0.05) is 12.1 Å². The maximum Gasteiger partial charge on any atom is 0.320 e. The molecule has 0 unspecified atom stereocenters. The fraction of sp³-hybridized carbons (Fsp3) is 0.286. The number of carbonyl (C=O) groups is 1. The van der Waals surface area contributed by atoms with Crippen LogP contribution in [-0.2, 0) is 12.8 Å². The number of hydrogen-bond acceptors (Lipinski definition) is 4. The lowest BCUT2D eigenvalue weighted by Gasteiger charge is -2.07. The molecule has 2 amide bonds. The number of phenolic OH excluding ortho intramolecular Hbond substituents is 1. The first-order valence-electron chi connectivity index (χ1n) is 6.67. The van der Waals surface area contributed by atoms with Gasteiger partial charge >= 0.3 is 6.03 Å². The van der Waals surface area contributed by atoms with Crippen LogP contribution >= 0.6 is 0 Å². The number of urea groups is 1. The molecule has 0 saturated heterocycles. The van der Waals surface area contributed by atoms with Crippen LogP contribution in [-0.4, -0.2) is 22.8 Å². The van der Waals surface area contributed by atoms with E-state index in [1.165, 1.54) is 0 Å². The van der Waals surface area contributed by atoms with E-state index in [-0.39, 0.29) is 24.3 Å². The molecule has 8 heteroatoms. The molecule has 0 aliphatic rings. The molecule has 6 nitrogen and oxygen atoms in total. The minimum atomic E-state index is -0.858. The van der Waals surface area contributed by atoms with Gasteiger partial charge in [-0.3, -0.25) is 5.32 Å². The number of halogens is 2. The number of hydrogen-bond donors (Lipinski definition) is 3. The number of aromatic hydroxyl groups is 1. The highest BCUT2D eigenvalue weighted by atomic mass is 19.1. The first-order valence-corrected chi connectivity index (χ1v) is 6.67. The van der Waals surface area contributed by atoms with E-state index in [9.17, 15) is 13.6 Å². The number of aromatic nitrogens is 1. The van der Waals surface area contributed by atoms with E-state index in [0.29, 0.717) is 12.2 Å². The smallest absolute Gasteiger partial charge is 0.320 e. The number of rotatable bonds is 5. The molecule has 1 aromatic carbocycles. The Bertz CT molecular complexity index is 650. The topological polar surface area (TPSA) is 87.4 Å². The second-order valence-electron chi connectivity index (χ2n) is 4.55. The zero-order valence-corrected chi connectivity index (χ0v) is 11.8. The number of phenols is 1. The highest BCUT2D eigenvalue weighted by Gasteiger charge is 2.12. The van der Waals surface area contributed by atoms with Crippen molar-refractivity contribution in [3.05, 3.63) is 41.2 Å². The molecule has 22 heavy (non-hydrogen) atoms. The number of anilines is 1. The third kappa shape index (κ3) is 3.94. The van der Waals surface area contributed by atoms with Crippen LogP contribution in [0.2, 0.25) is 0 Å². The van der Waals surface area contributed by atoms with Crippen LogP contribution in [0.1, 0.15) is 18.2 Å². The molecule has 0 aliphatic heterocycles. The fourth-order valence-electron chi connectivity index (χ4n) is 1.83. The van der Waals surface area contributed by atoms with E-state index in [1.54, 1.807) is 6.07 Å². The molecule has 2 rings (SSSR count).